The Hall–Kier alpha value is -2.57. The highest BCUT2D eigenvalue weighted by atomic mass is 16.5. The monoisotopic (exact) mass is 399 g/mol. The molecular weight excluding hydrogens is 370 g/mol. The first-order valence-corrected chi connectivity index (χ1v) is 9.91. The van der Waals surface area contributed by atoms with Crippen LogP contribution in [0.1, 0.15) is 30.4 Å². The number of aliphatic carboxylic acids is 1. The lowest BCUT2D eigenvalue weighted by atomic mass is 9.82. The summed E-state index contributed by atoms with van der Waals surface area (Å²) in [5.41, 5.74) is 2.17. The summed E-state index contributed by atoms with van der Waals surface area (Å²) in [4.78, 5) is 13.7. The Labute approximate surface area is 171 Å². The Morgan fingerprint density at radius 1 is 0.931 bits per heavy atom. The normalized spacial score (nSPS) is 21.7. The number of ether oxygens (including phenoxy) is 2. The van der Waals surface area contributed by atoms with E-state index in [1.54, 1.807) is 14.2 Å². The molecule has 0 amide bonds. The first-order chi connectivity index (χ1) is 14.0. The Bertz CT molecular complexity index is 740. The fourth-order valence-corrected chi connectivity index (χ4v) is 3.97. The number of hydrogen-bond acceptors (Lipinski definition) is 5. The molecule has 0 heterocycles. The van der Waals surface area contributed by atoms with E-state index in [9.17, 15) is 15.0 Å². The fourth-order valence-electron chi connectivity index (χ4n) is 3.97. The largest absolute Gasteiger partial charge is 0.497 e. The van der Waals surface area contributed by atoms with Crippen LogP contribution in [0.15, 0.2) is 48.5 Å². The molecule has 2 aromatic carbocycles. The van der Waals surface area contributed by atoms with Crippen LogP contribution in [0.4, 0.5) is 0 Å². The summed E-state index contributed by atoms with van der Waals surface area (Å²) in [6, 6.07) is 15.5. The van der Waals surface area contributed by atoms with E-state index in [0.29, 0.717) is 32.4 Å². The van der Waals surface area contributed by atoms with Crippen LogP contribution in [0.2, 0.25) is 0 Å². The molecule has 0 radical (unpaired) electrons. The minimum absolute atomic E-state index is 0.214. The molecule has 0 aromatic heterocycles. The van der Waals surface area contributed by atoms with Crippen LogP contribution in [0.25, 0.3) is 0 Å². The van der Waals surface area contributed by atoms with Crippen molar-refractivity contribution in [3.8, 4) is 11.5 Å². The lowest BCUT2D eigenvalue weighted by Crippen LogP contribution is -2.47. The Morgan fingerprint density at radius 2 is 1.41 bits per heavy atom. The van der Waals surface area contributed by atoms with Gasteiger partial charge in [-0.05, 0) is 54.7 Å². The van der Waals surface area contributed by atoms with E-state index in [4.69, 9.17) is 9.47 Å². The van der Waals surface area contributed by atoms with Crippen LogP contribution in [0.5, 0.6) is 11.5 Å². The summed E-state index contributed by atoms with van der Waals surface area (Å²) in [5, 5.41) is 20.2. The van der Waals surface area contributed by atoms with Gasteiger partial charge in [0.15, 0.2) is 0 Å². The zero-order valence-corrected chi connectivity index (χ0v) is 17.0. The van der Waals surface area contributed by atoms with Crippen molar-refractivity contribution in [1.29, 1.82) is 0 Å². The molecule has 1 aliphatic carbocycles. The van der Waals surface area contributed by atoms with E-state index >= 15 is 0 Å². The minimum atomic E-state index is -0.782. The van der Waals surface area contributed by atoms with Gasteiger partial charge >= 0.3 is 5.97 Å². The molecule has 0 saturated heterocycles. The number of carboxylic acid groups (broad SMARTS) is 1. The van der Waals surface area contributed by atoms with Gasteiger partial charge in [0, 0.05) is 19.1 Å². The molecule has 0 unspecified atom stereocenters. The van der Waals surface area contributed by atoms with Gasteiger partial charge in [0.1, 0.15) is 11.5 Å². The number of carboxylic acids is 1. The van der Waals surface area contributed by atoms with Gasteiger partial charge in [-0.2, -0.15) is 0 Å². The van der Waals surface area contributed by atoms with Crippen molar-refractivity contribution in [3.05, 3.63) is 59.7 Å². The van der Waals surface area contributed by atoms with Gasteiger partial charge in [0.2, 0.25) is 0 Å². The molecule has 2 N–H and O–H groups in total. The predicted molar refractivity (Wildman–Crippen MR) is 110 cm³/mol. The SMILES string of the molecule is COc1ccc(CN(Cc2ccc(OC)cc2)[C@H]2C[C@H](C(=O)O)CC[C@@H]2O)cc1. The maximum atomic E-state index is 11.6. The maximum Gasteiger partial charge on any atom is 0.306 e. The molecular formula is C23H29NO5. The number of methoxy groups -OCH3 is 2. The lowest BCUT2D eigenvalue weighted by molar-refractivity contribution is -0.145. The predicted octanol–water partition coefficient (Wildman–Crippen LogP) is 3.32. The third-order valence-electron chi connectivity index (χ3n) is 5.69. The standard InChI is InChI=1S/C23H29NO5/c1-28-19-8-3-16(4-9-19)14-24(15-17-5-10-20(29-2)11-6-17)21-13-18(23(26)27)7-12-22(21)25/h3-6,8-11,18,21-22,25H,7,12-15H2,1-2H3,(H,26,27)/t18-,21+,22+/m1/s1. The van der Waals surface area contributed by atoms with Crippen LogP contribution < -0.4 is 9.47 Å². The van der Waals surface area contributed by atoms with Crippen LogP contribution in [-0.4, -0.2) is 47.4 Å². The minimum Gasteiger partial charge on any atom is -0.497 e. The van der Waals surface area contributed by atoms with Gasteiger partial charge in [0.05, 0.1) is 26.2 Å². The van der Waals surface area contributed by atoms with Gasteiger partial charge in [-0.25, -0.2) is 0 Å². The number of carbonyl (C=O) groups is 1. The van der Waals surface area contributed by atoms with Crippen LogP contribution >= 0.6 is 0 Å². The van der Waals surface area contributed by atoms with Crippen molar-refractivity contribution in [2.75, 3.05) is 14.2 Å². The van der Waals surface area contributed by atoms with Crippen molar-refractivity contribution in [2.24, 2.45) is 5.92 Å². The quantitative estimate of drug-likeness (QED) is 0.709. The molecule has 3 atom stereocenters. The summed E-state index contributed by atoms with van der Waals surface area (Å²) in [6.45, 7) is 1.23. The summed E-state index contributed by atoms with van der Waals surface area (Å²) in [6.07, 6.45) is 0.931. The first-order valence-electron chi connectivity index (χ1n) is 9.91. The molecule has 6 heteroatoms. The summed E-state index contributed by atoms with van der Waals surface area (Å²) in [5.74, 6) is 0.381. The number of benzene rings is 2. The molecule has 29 heavy (non-hydrogen) atoms. The van der Waals surface area contributed by atoms with Crippen LogP contribution in [0, 0.1) is 5.92 Å². The lowest BCUT2D eigenvalue weighted by Gasteiger charge is -2.40. The number of aliphatic hydroxyl groups excluding tert-OH is 1. The second-order valence-corrected chi connectivity index (χ2v) is 7.58. The van der Waals surface area contributed by atoms with E-state index in [1.807, 2.05) is 48.5 Å². The Kier molecular flexibility index (Phi) is 7.12. The number of hydrogen-bond donors (Lipinski definition) is 2. The first kappa shape index (κ1) is 21.1. The van der Waals surface area contributed by atoms with Crippen molar-refractivity contribution in [3.63, 3.8) is 0 Å². The second-order valence-electron chi connectivity index (χ2n) is 7.58. The molecule has 3 rings (SSSR count). The number of nitrogens with zero attached hydrogens (tertiary/aromatic N) is 1. The molecule has 0 aliphatic heterocycles. The van der Waals surface area contributed by atoms with Gasteiger partial charge in [-0.15, -0.1) is 0 Å². The Balaban J connectivity index is 1.83. The smallest absolute Gasteiger partial charge is 0.306 e. The third-order valence-corrected chi connectivity index (χ3v) is 5.69. The van der Waals surface area contributed by atoms with E-state index < -0.39 is 18.0 Å². The van der Waals surface area contributed by atoms with Crippen LogP contribution in [-0.2, 0) is 17.9 Å². The molecule has 6 nitrogen and oxygen atoms in total. The zero-order valence-electron chi connectivity index (χ0n) is 17.0. The number of rotatable bonds is 8. The topological polar surface area (TPSA) is 79.2 Å². The molecule has 2 aromatic rings. The summed E-state index contributed by atoms with van der Waals surface area (Å²) < 4.78 is 10.5. The second kappa shape index (κ2) is 9.76. The highest BCUT2D eigenvalue weighted by Crippen LogP contribution is 2.31. The van der Waals surface area contributed by atoms with Gasteiger partial charge < -0.3 is 19.7 Å². The van der Waals surface area contributed by atoms with Crippen molar-refractivity contribution < 1.29 is 24.5 Å². The van der Waals surface area contributed by atoms with Crippen LogP contribution in [0.3, 0.4) is 0 Å². The molecule has 0 bridgehead atoms. The third kappa shape index (κ3) is 5.49. The van der Waals surface area contributed by atoms with Gasteiger partial charge in [0.25, 0.3) is 0 Å². The van der Waals surface area contributed by atoms with Gasteiger partial charge in [-0.3, -0.25) is 9.69 Å². The van der Waals surface area contributed by atoms with Crippen molar-refractivity contribution in [2.45, 2.75) is 44.5 Å². The summed E-state index contributed by atoms with van der Waals surface area (Å²) in [7, 11) is 3.27. The molecule has 1 aliphatic rings. The molecule has 156 valence electrons. The average molecular weight is 399 g/mol. The molecule has 0 spiro atoms. The maximum absolute atomic E-state index is 11.6. The molecule has 1 fully saturated rings. The Morgan fingerprint density at radius 3 is 1.83 bits per heavy atom. The number of aliphatic hydroxyl groups is 1. The molecule has 1 saturated carbocycles. The highest BCUT2D eigenvalue weighted by molar-refractivity contribution is 5.70. The fraction of sp³-hybridized carbons (Fsp3) is 0.435. The van der Waals surface area contributed by atoms with E-state index in [1.165, 1.54) is 0 Å². The highest BCUT2D eigenvalue weighted by Gasteiger charge is 2.36. The van der Waals surface area contributed by atoms with E-state index in [0.717, 1.165) is 22.6 Å². The van der Waals surface area contributed by atoms with E-state index in [-0.39, 0.29) is 6.04 Å². The average Bonchev–Trinajstić information content (AvgIpc) is 2.74. The zero-order chi connectivity index (χ0) is 20.8. The van der Waals surface area contributed by atoms with Gasteiger partial charge in [-0.1, -0.05) is 24.3 Å². The summed E-state index contributed by atoms with van der Waals surface area (Å²) >= 11 is 0. The van der Waals surface area contributed by atoms with E-state index in [2.05, 4.69) is 4.90 Å². The van der Waals surface area contributed by atoms with Crippen molar-refractivity contribution >= 4 is 5.97 Å². The van der Waals surface area contributed by atoms with Crippen molar-refractivity contribution in [1.82, 2.24) is 4.90 Å².